The maximum absolute atomic E-state index is 7.07. The Bertz CT molecular complexity index is 3170. The predicted molar refractivity (Wildman–Crippen MR) is 229 cm³/mol. The number of benzene rings is 8. The molecule has 11 aromatic rings. The summed E-state index contributed by atoms with van der Waals surface area (Å²) in [6, 6.07) is 67.3. The lowest BCUT2D eigenvalue weighted by Crippen LogP contribution is -2.00. The average molecular weight is 717 g/mol. The number of hydrogen-bond donors (Lipinski definition) is 0. The Hall–Kier alpha value is -7.63. The molecule has 5 heteroatoms. The van der Waals surface area contributed by atoms with Gasteiger partial charge < -0.3 is 8.98 Å². The van der Waals surface area contributed by atoms with E-state index in [1.165, 1.54) is 11.1 Å². The quantitative estimate of drug-likeness (QED) is 0.172. The first-order valence-corrected chi connectivity index (χ1v) is 18.8. The van der Waals surface area contributed by atoms with E-state index in [0.29, 0.717) is 17.5 Å². The number of furan rings is 1. The van der Waals surface area contributed by atoms with Crippen LogP contribution < -0.4 is 0 Å². The second-order valence-corrected chi connectivity index (χ2v) is 14.0. The van der Waals surface area contributed by atoms with E-state index >= 15 is 0 Å². The molecule has 0 fully saturated rings. The zero-order valence-electron chi connectivity index (χ0n) is 30.2. The summed E-state index contributed by atoms with van der Waals surface area (Å²) in [5.74, 6) is 1.88. The normalized spacial score (nSPS) is 11.6. The summed E-state index contributed by atoms with van der Waals surface area (Å²) in [5.41, 5.74) is 12.2. The molecule has 0 spiro atoms. The Labute approximate surface area is 322 Å². The van der Waals surface area contributed by atoms with Gasteiger partial charge in [0, 0.05) is 44.1 Å². The molecule has 0 bridgehead atoms. The van der Waals surface area contributed by atoms with Gasteiger partial charge in [-0.05, 0) is 53.1 Å². The van der Waals surface area contributed by atoms with Gasteiger partial charge in [-0.25, -0.2) is 15.0 Å². The maximum atomic E-state index is 7.07. The molecule has 8 aromatic carbocycles. The standard InChI is InChI=1S/C51H32N4O/c1-5-15-33(16-6-1)36-27-28-43-45(32-36)55(39-23-11-4-12-24-39)44-30-29-42-41-26-14-25-40(47(41)56-48(42)46(43)44)37-21-13-22-38(31-37)51-53-49(34-17-7-2-8-18-34)52-50(54-51)35-19-9-3-10-20-35/h1-32H. The average Bonchev–Trinajstić information content (AvgIpc) is 3.83. The minimum atomic E-state index is 0.613. The lowest BCUT2D eigenvalue weighted by Gasteiger charge is -2.10. The van der Waals surface area contributed by atoms with Gasteiger partial charge >= 0.3 is 0 Å². The molecule has 56 heavy (non-hydrogen) atoms. The van der Waals surface area contributed by atoms with Crippen LogP contribution in [-0.2, 0) is 0 Å². The molecule has 0 unspecified atom stereocenters. The summed E-state index contributed by atoms with van der Waals surface area (Å²) < 4.78 is 9.43. The van der Waals surface area contributed by atoms with E-state index in [9.17, 15) is 0 Å². The fourth-order valence-corrected chi connectivity index (χ4v) is 8.01. The summed E-state index contributed by atoms with van der Waals surface area (Å²) in [6.07, 6.45) is 0. The van der Waals surface area contributed by atoms with Gasteiger partial charge in [-0.1, -0.05) is 158 Å². The smallest absolute Gasteiger partial charge is 0.164 e. The van der Waals surface area contributed by atoms with Crippen LogP contribution in [0.15, 0.2) is 199 Å². The molecular formula is C51H32N4O. The van der Waals surface area contributed by atoms with E-state index in [0.717, 1.165) is 77.2 Å². The molecular weight excluding hydrogens is 685 g/mol. The first kappa shape index (κ1) is 31.9. The number of rotatable bonds is 6. The Morgan fingerprint density at radius 2 is 0.875 bits per heavy atom. The van der Waals surface area contributed by atoms with Crippen LogP contribution in [-0.4, -0.2) is 19.5 Å². The fraction of sp³-hybridized carbons (Fsp3) is 0. The molecule has 0 aliphatic rings. The van der Waals surface area contributed by atoms with E-state index in [1.54, 1.807) is 0 Å². The molecule has 0 amide bonds. The van der Waals surface area contributed by atoms with Crippen LogP contribution in [0.5, 0.6) is 0 Å². The number of para-hydroxylation sites is 2. The van der Waals surface area contributed by atoms with Gasteiger partial charge in [-0.2, -0.15) is 0 Å². The topological polar surface area (TPSA) is 56.7 Å². The molecule has 0 radical (unpaired) electrons. The molecule has 0 saturated heterocycles. The summed E-state index contributed by atoms with van der Waals surface area (Å²) in [6.45, 7) is 0. The molecule has 0 aliphatic carbocycles. The van der Waals surface area contributed by atoms with Gasteiger partial charge in [-0.15, -0.1) is 0 Å². The van der Waals surface area contributed by atoms with Gasteiger partial charge in [0.1, 0.15) is 11.2 Å². The molecule has 0 N–H and O–H groups in total. The van der Waals surface area contributed by atoms with Crippen molar-refractivity contribution >= 4 is 43.7 Å². The Kier molecular flexibility index (Phi) is 7.42. The summed E-state index contributed by atoms with van der Waals surface area (Å²) in [5, 5.41) is 4.41. The van der Waals surface area contributed by atoms with Crippen LogP contribution in [0, 0.1) is 0 Å². The van der Waals surface area contributed by atoms with Gasteiger partial charge in [0.05, 0.1) is 16.4 Å². The van der Waals surface area contributed by atoms with Crippen LogP contribution in [0.4, 0.5) is 0 Å². The van der Waals surface area contributed by atoms with E-state index in [1.807, 2.05) is 60.7 Å². The highest BCUT2D eigenvalue weighted by Gasteiger charge is 2.21. The second-order valence-electron chi connectivity index (χ2n) is 14.0. The molecule has 0 saturated carbocycles. The molecule has 0 atom stereocenters. The summed E-state index contributed by atoms with van der Waals surface area (Å²) >= 11 is 0. The zero-order valence-corrected chi connectivity index (χ0v) is 30.2. The SMILES string of the molecule is c1ccc(-c2ccc3c4c5oc6c(-c7cccc(-c8nc(-c9ccccc9)nc(-c9ccccc9)n8)c7)cccc6c5ccc4n(-c4ccccc4)c3c2)cc1. The van der Waals surface area contributed by atoms with Crippen molar-refractivity contribution in [1.29, 1.82) is 0 Å². The minimum absolute atomic E-state index is 0.613. The van der Waals surface area contributed by atoms with Crippen molar-refractivity contribution < 1.29 is 4.42 Å². The monoisotopic (exact) mass is 716 g/mol. The maximum Gasteiger partial charge on any atom is 0.164 e. The van der Waals surface area contributed by atoms with Crippen molar-refractivity contribution in [3.8, 4) is 62.1 Å². The third-order valence-corrected chi connectivity index (χ3v) is 10.6. The van der Waals surface area contributed by atoms with Gasteiger partial charge in [-0.3, -0.25) is 0 Å². The van der Waals surface area contributed by atoms with Crippen LogP contribution in [0.25, 0.3) is 106 Å². The van der Waals surface area contributed by atoms with E-state index in [-0.39, 0.29) is 0 Å². The number of nitrogens with zero attached hydrogens (tertiary/aromatic N) is 4. The predicted octanol–water partition coefficient (Wildman–Crippen LogP) is 13.2. The zero-order chi connectivity index (χ0) is 37.0. The highest BCUT2D eigenvalue weighted by Crippen LogP contribution is 2.44. The molecule has 5 nitrogen and oxygen atoms in total. The lowest BCUT2D eigenvalue weighted by molar-refractivity contribution is 0.674. The van der Waals surface area contributed by atoms with Crippen molar-refractivity contribution in [3.05, 3.63) is 194 Å². The van der Waals surface area contributed by atoms with E-state index in [4.69, 9.17) is 19.4 Å². The number of fused-ring (bicyclic) bond motifs is 7. The molecule has 3 heterocycles. The lowest BCUT2D eigenvalue weighted by atomic mass is 9.99. The third kappa shape index (κ3) is 5.29. The van der Waals surface area contributed by atoms with Crippen molar-refractivity contribution in [2.24, 2.45) is 0 Å². The van der Waals surface area contributed by atoms with Gasteiger partial charge in [0.2, 0.25) is 0 Å². The molecule has 262 valence electrons. The van der Waals surface area contributed by atoms with Crippen molar-refractivity contribution in [1.82, 2.24) is 19.5 Å². The van der Waals surface area contributed by atoms with Crippen LogP contribution >= 0.6 is 0 Å². The minimum Gasteiger partial charge on any atom is -0.455 e. The third-order valence-electron chi connectivity index (χ3n) is 10.6. The molecule has 0 aliphatic heterocycles. The Balaban J connectivity index is 1.10. The van der Waals surface area contributed by atoms with Crippen molar-refractivity contribution in [3.63, 3.8) is 0 Å². The summed E-state index contributed by atoms with van der Waals surface area (Å²) in [7, 11) is 0. The van der Waals surface area contributed by atoms with Crippen molar-refractivity contribution in [2.75, 3.05) is 0 Å². The number of aromatic nitrogens is 4. The van der Waals surface area contributed by atoms with Crippen LogP contribution in [0.1, 0.15) is 0 Å². The Morgan fingerprint density at radius 3 is 1.55 bits per heavy atom. The van der Waals surface area contributed by atoms with Gasteiger partial charge in [0.15, 0.2) is 17.5 Å². The van der Waals surface area contributed by atoms with Crippen LogP contribution in [0.3, 0.4) is 0 Å². The Morgan fingerprint density at radius 1 is 0.339 bits per heavy atom. The van der Waals surface area contributed by atoms with Crippen LogP contribution in [0.2, 0.25) is 0 Å². The highest BCUT2D eigenvalue weighted by atomic mass is 16.3. The second kappa shape index (κ2) is 13.0. The van der Waals surface area contributed by atoms with Crippen molar-refractivity contribution in [2.45, 2.75) is 0 Å². The fourth-order valence-electron chi connectivity index (χ4n) is 8.01. The first-order valence-electron chi connectivity index (χ1n) is 18.8. The first-order chi connectivity index (χ1) is 27.8. The molecule has 11 rings (SSSR count). The van der Waals surface area contributed by atoms with E-state index < -0.39 is 0 Å². The molecule has 3 aromatic heterocycles. The van der Waals surface area contributed by atoms with Gasteiger partial charge in [0.25, 0.3) is 0 Å². The summed E-state index contributed by atoms with van der Waals surface area (Å²) in [4.78, 5) is 14.9. The largest absolute Gasteiger partial charge is 0.455 e. The highest BCUT2D eigenvalue weighted by molar-refractivity contribution is 6.25. The number of hydrogen-bond acceptors (Lipinski definition) is 4. The van der Waals surface area contributed by atoms with E-state index in [2.05, 4.69) is 138 Å².